The molecule has 4 rings (SSSR count). The number of nitrogens with one attached hydrogen (secondary N) is 1. The Kier molecular flexibility index (Phi) is 6.50. The Morgan fingerprint density at radius 1 is 1.03 bits per heavy atom. The number of hydrogen-bond donors (Lipinski definition) is 1. The van der Waals surface area contributed by atoms with Gasteiger partial charge in [-0.15, -0.1) is 0 Å². The zero-order valence-electron chi connectivity index (χ0n) is 18.2. The molecule has 0 saturated carbocycles. The van der Waals surface area contributed by atoms with E-state index in [0.29, 0.717) is 31.7 Å². The summed E-state index contributed by atoms with van der Waals surface area (Å²) >= 11 is 0. The Hall–Kier alpha value is -3.67. The van der Waals surface area contributed by atoms with Crippen LogP contribution in [0.25, 0.3) is 11.1 Å². The van der Waals surface area contributed by atoms with Gasteiger partial charge in [-0.3, -0.25) is 14.6 Å². The van der Waals surface area contributed by atoms with Gasteiger partial charge in [-0.05, 0) is 53.8 Å². The first-order valence-electron chi connectivity index (χ1n) is 10.8. The monoisotopic (exact) mass is 429 g/mol. The van der Waals surface area contributed by atoms with E-state index in [-0.39, 0.29) is 18.4 Å². The Bertz CT molecular complexity index is 1070. The number of pyridine rings is 1. The highest BCUT2D eigenvalue weighted by Crippen LogP contribution is 2.37. The molecular formula is C26H27N3O3. The average molecular weight is 430 g/mol. The second-order valence-corrected chi connectivity index (χ2v) is 8.10. The standard InChI is InChI=1S/C26H27N3O3/c1-27-25(31)26(17-21-7-5-6-10-23(21)20-11-14-28-15-12-20)13-16-29(19-26)24(30)18-32-22-8-3-2-4-9-22/h2-12,14-15H,13,16-19H2,1H3,(H,27,31)/t26-/m1/s1. The molecule has 6 heteroatoms. The number of nitrogens with zero attached hydrogens (tertiary/aromatic N) is 2. The summed E-state index contributed by atoms with van der Waals surface area (Å²) in [4.78, 5) is 31.7. The van der Waals surface area contributed by atoms with Gasteiger partial charge in [0.2, 0.25) is 5.91 Å². The van der Waals surface area contributed by atoms with Crippen LogP contribution < -0.4 is 10.1 Å². The zero-order chi connectivity index (χ0) is 22.4. The van der Waals surface area contributed by atoms with Gasteiger partial charge < -0.3 is 15.0 Å². The molecule has 0 unspecified atom stereocenters. The number of rotatable bonds is 7. The summed E-state index contributed by atoms with van der Waals surface area (Å²) < 4.78 is 5.63. The molecule has 2 aromatic carbocycles. The first-order chi connectivity index (χ1) is 15.6. The van der Waals surface area contributed by atoms with Crippen LogP contribution in [0.5, 0.6) is 5.75 Å². The summed E-state index contributed by atoms with van der Waals surface area (Å²) in [7, 11) is 1.65. The second-order valence-electron chi connectivity index (χ2n) is 8.10. The number of aromatic nitrogens is 1. The first kappa shape index (κ1) is 21.6. The van der Waals surface area contributed by atoms with Crippen LogP contribution in [0.15, 0.2) is 79.1 Å². The minimum Gasteiger partial charge on any atom is -0.484 e. The van der Waals surface area contributed by atoms with Crippen LogP contribution in [0.1, 0.15) is 12.0 Å². The molecule has 0 radical (unpaired) electrons. The molecule has 2 heterocycles. The third-order valence-corrected chi connectivity index (χ3v) is 6.06. The lowest BCUT2D eigenvalue weighted by Crippen LogP contribution is -2.44. The largest absolute Gasteiger partial charge is 0.484 e. The van der Waals surface area contributed by atoms with Gasteiger partial charge >= 0.3 is 0 Å². The summed E-state index contributed by atoms with van der Waals surface area (Å²) in [5.74, 6) is 0.507. The van der Waals surface area contributed by atoms with E-state index in [0.717, 1.165) is 16.7 Å². The molecule has 1 fully saturated rings. The van der Waals surface area contributed by atoms with Crippen molar-refractivity contribution in [2.75, 3.05) is 26.7 Å². The van der Waals surface area contributed by atoms with Crippen LogP contribution in [-0.2, 0) is 16.0 Å². The molecule has 0 spiro atoms. The molecule has 1 saturated heterocycles. The topological polar surface area (TPSA) is 71.5 Å². The number of likely N-dealkylation sites (tertiary alicyclic amines) is 1. The van der Waals surface area contributed by atoms with Gasteiger partial charge in [0.1, 0.15) is 5.75 Å². The van der Waals surface area contributed by atoms with Crippen molar-refractivity contribution >= 4 is 11.8 Å². The summed E-state index contributed by atoms with van der Waals surface area (Å²) in [5, 5.41) is 2.83. The fourth-order valence-corrected chi connectivity index (χ4v) is 4.37. The smallest absolute Gasteiger partial charge is 0.260 e. The summed E-state index contributed by atoms with van der Waals surface area (Å²) in [6.45, 7) is 0.859. The molecule has 0 bridgehead atoms. The van der Waals surface area contributed by atoms with Crippen LogP contribution in [0.2, 0.25) is 0 Å². The van der Waals surface area contributed by atoms with Crippen LogP contribution in [0.3, 0.4) is 0 Å². The zero-order valence-corrected chi connectivity index (χ0v) is 18.2. The van der Waals surface area contributed by atoms with Crippen LogP contribution in [-0.4, -0.2) is 48.4 Å². The lowest BCUT2D eigenvalue weighted by atomic mass is 9.78. The highest BCUT2D eigenvalue weighted by Gasteiger charge is 2.45. The highest BCUT2D eigenvalue weighted by molar-refractivity contribution is 5.86. The molecule has 6 nitrogen and oxygen atoms in total. The van der Waals surface area contributed by atoms with Crippen molar-refractivity contribution < 1.29 is 14.3 Å². The lowest BCUT2D eigenvalue weighted by Gasteiger charge is -2.28. The van der Waals surface area contributed by atoms with Crippen molar-refractivity contribution in [3.8, 4) is 16.9 Å². The molecule has 1 atom stereocenters. The van der Waals surface area contributed by atoms with E-state index in [9.17, 15) is 9.59 Å². The third-order valence-electron chi connectivity index (χ3n) is 6.06. The molecule has 0 aliphatic carbocycles. The molecule has 32 heavy (non-hydrogen) atoms. The summed E-state index contributed by atoms with van der Waals surface area (Å²) in [6.07, 6.45) is 4.69. The second kappa shape index (κ2) is 9.64. The predicted octanol–water partition coefficient (Wildman–Crippen LogP) is 3.33. The maximum absolute atomic E-state index is 13.0. The minimum absolute atomic E-state index is 0.0402. The summed E-state index contributed by atoms with van der Waals surface area (Å²) in [5.41, 5.74) is 2.54. The van der Waals surface area contributed by atoms with Gasteiger partial charge in [0.15, 0.2) is 6.61 Å². The van der Waals surface area contributed by atoms with Crippen molar-refractivity contribution in [3.05, 3.63) is 84.7 Å². The number of amides is 2. The Morgan fingerprint density at radius 3 is 2.50 bits per heavy atom. The van der Waals surface area contributed by atoms with E-state index < -0.39 is 5.41 Å². The molecular weight excluding hydrogens is 402 g/mol. The van der Waals surface area contributed by atoms with Crippen LogP contribution in [0.4, 0.5) is 0 Å². The molecule has 164 valence electrons. The molecule has 1 aromatic heterocycles. The minimum atomic E-state index is -0.680. The highest BCUT2D eigenvalue weighted by atomic mass is 16.5. The summed E-state index contributed by atoms with van der Waals surface area (Å²) in [6, 6.07) is 21.3. The lowest BCUT2D eigenvalue weighted by molar-refractivity contribution is -0.134. The first-order valence-corrected chi connectivity index (χ1v) is 10.8. The normalized spacial score (nSPS) is 17.7. The predicted molar refractivity (Wildman–Crippen MR) is 123 cm³/mol. The van der Waals surface area contributed by atoms with E-state index in [1.54, 1.807) is 24.3 Å². The number of carbonyl (C=O) groups excluding carboxylic acids is 2. The van der Waals surface area contributed by atoms with Gasteiger partial charge in [-0.2, -0.15) is 0 Å². The van der Waals surface area contributed by atoms with E-state index in [2.05, 4.69) is 22.4 Å². The molecule has 1 N–H and O–H groups in total. The van der Waals surface area contributed by atoms with Crippen molar-refractivity contribution in [2.45, 2.75) is 12.8 Å². The number of carbonyl (C=O) groups is 2. The van der Waals surface area contributed by atoms with E-state index in [4.69, 9.17) is 4.74 Å². The van der Waals surface area contributed by atoms with Crippen molar-refractivity contribution in [1.82, 2.24) is 15.2 Å². The van der Waals surface area contributed by atoms with Crippen molar-refractivity contribution in [2.24, 2.45) is 5.41 Å². The number of ether oxygens (including phenoxy) is 1. The molecule has 2 amide bonds. The SMILES string of the molecule is CNC(=O)[C@@]1(Cc2ccccc2-c2ccncc2)CCN(C(=O)COc2ccccc2)C1. The van der Waals surface area contributed by atoms with Gasteiger partial charge in [0.25, 0.3) is 5.91 Å². The van der Waals surface area contributed by atoms with E-state index in [1.807, 2.05) is 54.6 Å². The van der Waals surface area contributed by atoms with E-state index >= 15 is 0 Å². The maximum Gasteiger partial charge on any atom is 0.260 e. The van der Waals surface area contributed by atoms with Gasteiger partial charge in [0, 0.05) is 32.5 Å². The van der Waals surface area contributed by atoms with Gasteiger partial charge in [0.05, 0.1) is 5.41 Å². The Morgan fingerprint density at radius 2 is 1.75 bits per heavy atom. The van der Waals surface area contributed by atoms with Crippen LogP contribution in [0, 0.1) is 5.41 Å². The molecule has 3 aromatic rings. The number of hydrogen-bond acceptors (Lipinski definition) is 4. The quantitative estimate of drug-likeness (QED) is 0.625. The number of benzene rings is 2. The fraction of sp³-hybridized carbons (Fsp3) is 0.269. The molecule has 1 aliphatic heterocycles. The number of para-hydroxylation sites is 1. The molecule has 1 aliphatic rings. The fourth-order valence-electron chi connectivity index (χ4n) is 4.37. The van der Waals surface area contributed by atoms with Crippen molar-refractivity contribution in [1.29, 1.82) is 0 Å². The average Bonchev–Trinajstić information content (AvgIpc) is 3.29. The van der Waals surface area contributed by atoms with E-state index in [1.165, 1.54) is 0 Å². The van der Waals surface area contributed by atoms with Crippen LogP contribution >= 0.6 is 0 Å². The Labute approximate surface area is 188 Å². The third kappa shape index (κ3) is 4.64. The van der Waals surface area contributed by atoms with Gasteiger partial charge in [-0.25, -0.2) is 0 Å². The Balaban J connectivity index is 1.52. The van der Waals surface area contributed by atoms with Crippen molar-refractivity contribution in [3.63, 3.8) is 0 Å². The van der Waals surface area contributed by atoms with Gasteiger partial charge in [-0.1, -0.05) is 42.5 Å². The maximum atomic E-state index is 13.0.